The van der Waals surface area contributed by atoms with Crippen molar-refractivity contribution in [2.45, 2.75) is 26.7 Å². The fourth-order valence-electron chi connectivity index (χ4n) is 2.38. The molecule has 0 aliphatic rings. The second-order valence-corrected chi connectivity index (χ2v) is 5.44. The van der Waals surface area contributed by atoms with Gasteiger partial charge >= 0.3 is 0 Å². The molecule has 0 aliphatic carbocycles. The lowest BCUT2D eigenvalue weighted by Crippen LogP contribution is -2.12. The first kappa shape index (κ1) is 16.1. The third-order valence-corrected chi connectivity index (χ3v) is 3.82. The molecule has 5 nitrogen and oxygen atoms in total. The molecular weight excluding hydrogens is 276 g/mol. The smallest absolute Gasteiger partial charge is 0.142 e. The highest BCUT2D eigenvalue weighted by atomic mass is 16.5. The van der Waals surface area contributed by atoms with Gasteiger partial charge in [-0.25, -0.2) is 0 Å². The van der Waals surface area contributed by atoms with E-state index in [4.69, 9.17) is 4.74 Å². The van der Waals surface area contributed by atoms with Crippen LogP contribution in [0.2, 0.25) is 0 Å². The quantitative estimate of drug-likeness (QED) is 0.856. The average molecular weight is 300 g/mol. The van der Waals surface area contributed by atoms with E-state index in [9.17, 15) is 0 Å². The molecule has 0 radical (unpaired) electrons. The van der Waals surface area contributed by atoms with E-state index >= 15 is 0 Å². The van der Waals surface area contributed by atoms with Crippen molar-refractivity contribution in [3.63, 3.8) is 0 Å². The van der Waals surface area contributed by atoms with Crippen LogP contribution in [0.4, 0.5) is 11.4 Å². The fraction of sp³-hybridized carbons (Fsp3) is 0.412. The van der Waals surface area contributed by atoms with E-state index in [1.54, 1.807) is 7.11 Å². The monoisotopic (exact) mass is 300 g/mol. The third-order valence-electron chi connectivity index (χ3n) is 3.82. The molecule has 0 bridgehead atoms. The summed E-state index contributed by atoms with van der Waals surface area (Å²) in [7, 11) is 3.57. The Hall–Kier alpha value is -2.30. The van der Waals surface area contributed by atoms with Gasteiger partial charge in [-0.1, -0.05) is 6.92 Å². The Kier molecular flexibility index (Phi) is 5.20. The molecule has 1 unspecified atom stereocenters. The van der Waals surface area contributed by atoms with Crippen LogP contribution < -0.4 is 15.4 Å². The third kappa shape index (κ3) is 3.67. The molecule has 2 rings (SSSR count). The van der Waals surface area contributed by atoms with Gasteiger partial charge in [-0.05, 0) is 25.5 Å². The zero-order valence-electron chi connectivity index (χ0n) is 13.9. The number of methoxy groups -OCH3 is 1. The number of nitrogens with one attached hydrogen (secondary N) is 2. The minimum atomic E-state index is 0.341. The molecule has 5 heteroatoms. The second-order valence-electron chi connectivity index (χ2n) is 5.44. The Morgan fingerprint density at radius 3 is 2.45 bits per heavy atom. The lowest BCUT2D eigenvalue weighted by Gasteiger charge is -2.17. The van der Waals surface area contributed by atoms with Crippen molar-refractivity contribution in [2.75, 3.05) is 31.3 Å². The highest BCUT2D eigenvalue weighted by Gasteiger charge is 2.11. The van der Waals surface area contributed by atoms with Crippen LogP contribution in [0, 0.1) is 13.8 Å². The summed E-state index contributed by atoms with van der Waals surface area (Å²) in [5.74, 6) is 1.14. The number of aryl methyl sites for hydroxylation is 2. The number of hydrogen-bond donors (Lipinski definition) is 2. The number of pyridine rings is 2. The van der Waals surface area contributed by atoms with Crippen molar-refractivity contribution >= 4 is 11.4 Å². The minimum absolute atomic E-state index is 0.341. The van der Waals surface area contributed by atoms with Gasteiger partial charge in [0.2, 0.25) is 0 Å². The lowest BCUT2D eigenvalue weighted by molar-refractivity contribution is 0.409. The van der Waals surface area contributed by atoms with Crippen LogP contribution >= 0.6 is 0 Å². The first-order valence-electron chi connectivity index (χ1n) is 7.44. The van der Waals surface area contributed by atoms with Gasteiger partial charge in [-0.15, -0.1) is 0 Å². The Balaban J connectivity index is 2.08. The molecule has 2 aromatic heterocycles. The van der Waals surface area contributed by atoms with Crippen LogP contribution in [0.25, 0.3) is 0 Å². The summed E-state index contributed by atoms with van der Waals surface area (Å²) in [6.07, 6.45) is 3.69. The van der Waals surface area contributed by atoms with Gasteiger partial charge in [0.05, 0.1) is 36.6 Å². The maximum absolute atomic E-state index is 5.31. The standard InChI is InChI=1S/C17H24N4O/c1-11(16-6-14(18-4)9-19-12(16)2)8-21-15-7-17(22-5)13(3)20-10-15/h6-7,9-11,18,21H,8H2,1-5H3. The van der Waals surface area contributed by atoms with Gasteiger partial charge in [0.1, 0.15) is 5.75 Å². The topological polar surface area (TPSA) is 59.1 Å². The first-order chi connectivity index (χ1) is 10.5. The predicted molar refractivity (Wildman–Crippen MR) is 91.0 cm³/mol. The zero-order chi connectivity index (χ0) is 16.1. The van der Waals surface area contributed by atoms with Gasteiger partial charge in [0.15, 0.2) is 0 Å². The van der Waals surface area contributed by atoms with E-state index in [1.165, 1.54) is 5.56 Å². The summed E-state index contributed by atoms with van der Waals surface area (Å²) < 4.78 is 5.31. The first-order valence-corrected chi connectivity index (χ1v) is 7.44. The minimum Gasteiger partial charge on any atom is -0.495 e. The molecule has 2 heterocycles. The normalized spacial score (nSPS) is 11.9. The lowest BCUT2D eigenvalue weighted by atomic mass is 9.99. The summed E-state index contributed by atoms with van der Waals surface area (Å²) in [6, 6.07) is 4.13. The van der Waals surface area contributed by atoms with Gasteiger partial charge in [0.25, 0.3) is 0 Å². The van der Waals surface area contributed by atoms with Crippen molar-refractivity contribution in [2.24, 2.45) is 0 Å². The van der Waals surface area contributed by atoms with Crippen LogP contribution in [0.5, 0.6) is 5.75 Å². The Labute approximate surface area is 132 Å². The Morgan fingerprint density at radius 1 is 1.09 bits per heavy atom. The summed E-state index contributed by atoms with van der Waals surface area (Å²) in [6.45, 7) is 6.98. The number of ether oxygens (including phenoxy) is 1. The van der Waals surface area contributed by atoms with Gasteiger partial charge < -0.3 is 15.4 Å². The molecule has 2 aromatic rings. The molecule has 0 amide bonds. The summed E-state index contributed by atoms with van der Waals surface area (Å²) >= 11 is 0. The molecule has 2 N–H and O–H groups in total. The maximum Gasteiger partial charge on any atom is 0.142 e. The van der Waals surface area contributed by atoms with Gasteiger partial charge in [-0.2, -0.15) is 0 Å². The molecular formula is C17H24N4O. The molecule has 0 spiro atoms. The highest BCUT2D eigenvalue weighted by molar-refractivity contribution is 5.49. The number of rotatable bonds is 6. The van der Waals surface area contributed by atoms with E-state index in [2.05, 4.69) is 33.6 Å². The van der Waals surface area contributed by atoms with E-state index in [-0.39, 0.29) is 0 Å². The molecule has 0 fully saturated rings. The largest absolute Gasteiger partial charge is 0.495 e. The van der Waals surface area contributed by atoms with Crippen molar-refractivity contribution in [3.05, 3.63) is 41.5 Å². The molecule has 1 atom stereocenters. The van der Waals surface area contributed by atoms with Crippen molar-refractivity contribution in [3.8, 4) is 5.75 Å². The van der Waals surface area contributed by atoms with Crippen LogP contribution in [-0.2, 0) is 0 Å². The average Bonchev–Trinajstić information content (AvgIpc) is 2.54. The van der Waals surface area contributed by atoms with Crippen LogP contribution in [0.15, 0.2) is 24.5 Å². The Bertz CT molecular complexity index is 643. The number of nitrogens with zero attached hydrogens (tertiary/aromatic N) is 2. The van der Waals surface area contributed by atoms with Crippen LogP contribution in [0.3, 0.4) is 0 Å². The van der Waals surface area contributed by atoms with Crippen molar-refractivity contribution in [1.29, 1.82) is 0 Å². The predicted octanol–water partition coefficient (Wildman–Crippen LogP) is 3.36. The SMILES string of the molecule is CNc1cnc(C)c(C(C)CNc2cnc(C)c(OC)c2)c1. The summed E-state index contributed by atoms with van der Waals surface area (Å²) in [4.78, 5) is 8.78. The highest BCUT2D eigenvalue weighted by Crippen LogP contribution is 2.24. The molecule has 22 heavy (non-hydrogen) atoms. The molecule has 118 valence electrons. The molecule has 0 aliphatic heterocycles. The maximum atomic E-state index is 5.31. The fourth-order valence-corrected chi connectivity index (χ4v) is 2.38. The van der Waals surface area contributed by atoms with Crippen LogP contribution in [-0.4, -0.2) is 30.7 Å². The number of aromatic nitrogens is 2. The molecule has 0 saturated heterocycles. The zero-order valence-corrected chi connectivity index (χ0v) is 13.9. The number of hydrogen-bond acceptors (Lipinski definition) is 5. The molecule has 0 saturated carbocycles. The summed E-state index contributed by atoms with van der Waals surface area (Å²) in [5.41, 5.74) is 5.19. The van der Waals surface area contributed by atoms with Gasteiger partial charge in [-0.3, -0.25) is 9.97 Å². The van der Waals surface area contributed by atoms with Gasteiger partial charge in [0, 0.05) is 31.3 Å². The Morgan fingerprint density at radius 2 is 1.77 bits per heavy atom. The van der Waals surface area contributed by atoms with Crippen molar-refractivity contribution in [1.82, 2.24) is 9.97 Å². The van der Waals surface area contributed by atoms with Crippen LogP contribution in [0.1, 0.15) is 29.8 Å². The summed E-state index contributed by atoms with van der Waals surface area (Å²) in [5, 5.41) is 6.55. The second kappa shape index (κ2) is 7.11. The van der Waals surface area contributed by atoms with E-state index in [0.717, 1.165) is 35.1 Å². The van der Waals surface area contributed by atoms with E-state index in [0.29, 0.717) is 5.92 Å². The van der Waals surface area contributed by atoms with E-state index < -0.39 is 0 Å². The van der Waals surface area contributed by atoms with E-state index in [1.807, 2.05) is 39.4 Å². The van der Waals surface area contributed by atoms with Crippen molar-refractivity contribution < 1.29 is 4.74 Å². The molecule has 0 aromatic carbocycles. The number of anilines is 2.